The molecule has 0 bridgehead atoms. The Balaban J connectivity index is 1.67. The second-order valence-corrected chi connectivity index (χ2v) is 6.82. The van der Waals surface area contributed by atoms with E-state index < -0.39 is 0 Å². The van der Waals surface area contributed by atoms with Crippen molar-refractivity contribution < 1.29 is 0 Å². The number of nitrogens with zero attached hydrogens (tertiary/aromatic N) is 5. The van der Waals surface area contributed by atoms with Gasteiger partial charge in [0.15, 0.2) is 0 Å². The highest BCUT2D eigenvalue weighted by Gasteiger charge is 2.26. The topological polar surface area (TPSA) is 90.6 Å². The Bertz CT molecular complexity index is 1050. The van der Waals surface area contributed by atoms with E-state index in [0.29, 0.717) is 11.5 Å². The second-order valence-electron chi connectivity index (χ2n) is 6.82. The maximum atomic E-state index is 11.8. The third-order valence-electron chi connectivity index (χ3n) is 5.17. The number of benzene rings is 1. The summed E-state index contributed by atoms with van der Waals surface area (Å²) in [6, 6.07) is 11.4. The number of pyridine rings is 1. The molecule has 1 fully saturated rings. The van der Waals surface area contributed by atoms with Crippen molar-refractivity contribution >= 4 is 5.69 Å². The summed E-state index contributed by atoms with van der Waals surface area (Å²) in [5.41, 5.74) is 3.12. The van der Waals surface area contributed by atoms with Gasteiger partial charge in [-0.15, -0.1) is 10.2 Å². The normalized spacial score (nSPS) is 14.9. The fourth-order valence-electron chi connectivity index (χ4n) is 3.84. The van der Waals surface area contributed by atoms with Crippen LogP contribution in [0.25, 0.3) is 11.1 Å². The molecule has 136 valence electrons. The first kappa shape index (κ1) is 17.0. The Kier molecular flexibility index (Phi) is 4.47. The molecule has 0 atom stereocenters. The van der Waals surface area contributed by atoms with E-state index in [1.165, 1.54) is 0 Å². The van der Waals surface area contributed by atoms with Crippen LogP contribution in [0.4, 0.5) is 5.69 Å². The molecule has 1 N–H and O–H groups in total. The molecule has 1 aliphatic heterocycles. The Morgan fingerprint density at radius 3 is 2.74 bits per heavy atom. The maximum Gasteiger partial charge on any atom is 0.248 e. The van der Waals surface area contributed by atoms with E-state index in [0.717, 1.165) is 48.6 Å². The Labute approximate surface area is 156 Å². The van der Waals surface area contributed by atoms with Crippen LogP contribution in [-0.4, -0.2) is 32.8 Å². The molecule has 3 heterocycles. The number of piperidine rings is 1. The Morgan fingerprint density at radius 1 is 1.26 bits per heavy atom. The number of aryl methyl sites for hydroxylation is 1. The largest absolute Gasteiger partial charge is 0.370 e. The van der Waals surface area contributed by atoms with E-state index in [1.807, 2.05) is 35.9 Å². The lowest BCUT2D eigenvalue weighted by molar-refractivity contribution is 0.474. The molecule has 7 heteroatoms. The molecule has 7 nitrogen and oxygen atoms in total. The van der Waals surface area contributed by atoms with Crippen molar-refractivity contribution in [2.75, 3.05) is 18.0 Å². The summed E-state index contributed by atoms with van der Waals surface area (Å²) in [4.78, 5) is 16.7. The van der Waals surface area contributed by atoms with Crippen molar-refractivity contribution in [1.29, 1.82) is 5.26 Å². The summed E-state index contributed by atoms with van der Waals surface area (Å²) in [7, 11) is 1.97. The number of rotatable bonds is 3. The molecule has 27 heavy (non-hydrogen) atoms. The van der Waals surface area contributed by atoms with E-state index in [-0.39, 0.29) is 5.56 Å². The van der Waals surface area contributed by atoms with Gasteiger partial charge in [0, 0.05) is 43.9 Å². The van der Waals surface area contributed by atoms with Crippen LogP contribution in [0, 0.1) is 11.3 Å². The van der Waals surface area contributed by atoms with E-state index in [2.05, 4.69) is 26.2 Å². The highest BCUT2D eigenvalue weighted by atomic mass is 16.1. The van der Waals surface area contributed by atoms with Crippen molar-refractivity contribution in [1.82, 2.24) is 19.7 Å². The predicted octanol–water partition coefficient (Wildman–Crippen LogP) is 2.43. The predicted molar refractivity (Wildman–Crippen MR) is 102 cm³/mol. The molecule has 1 aromatic carbocycles. The van der Waals surface area contributed by atoms with Gasteiger partial charge in [0.05, 0.1) is 11.3 Å². The van der Waals surface area contributed by atoms with Crippen LogP contribution < -0.4 is 10.5 Å². The molecule has 1 saturated heterocycles. The van der Waals surface area contributed by atoms with Crippen LogP contribution in [0.2, 0.25) is 0 Å². The van der Waals surface area contributed by atoms with E-state index in [1.54, 1.807) is 18.6 Å². The van der Waals surface area contributed by atoms with Gasteiger partial charge in [-0.2, -0.15) is 5.26 Å². The number of H-pyrrole nitrogens is 1. The molecular weight excluding hydrogens is 340 g/mol. The van der Waals surface area contributed by atoms with Gasteiger partial charge in [-0.1, -0.05) is 12.1 Å². The summed E-state index contributed by atoms with van der Waals surface area (Å²) in [6.45, 7) is 1.65. The van der Waals surface area contributed by atoms with Gasteiger partial charge in [0.2, 0.25) is 5.56 Å². The number of hydrogen-bond acceptors (Lipinski definition) is 5. The van der Waals surface area contributed by atoms with Gasteiger partial charge in [0.25, 0.3) is 0 Å². The number of nitrogens with one attached hydrogen (secondary N) is 1. The second kappa shape index (κ2) is 7.08. The number of aromatic nitrogens is 4. The average Bonchev–Trinajstić information content (AvgIpc) is 3.13. The van der Waals surface area contributed by atoms with E-state index in [4.69, 9.17) is 0 Å². The van der Waals surface area contributed by atoms with Gasteiger partial charge in [0.1, 0.15) is 18.2 Å². The van der Waals surface area contributed by atoms with Gasteiger partial charge >= 0.3 is 0 Å². The molecule has 0 saturated carbocycles. The molecule has 0 aliphatic carbocycles. The van der Waals surface area contributed by atoms with Crippen LogP contribution in [0.5, 0.6) is 0 Å². The lowest BCUT2D eigenvalue weighted by Gasteiger charge is -2.35. The van der Waals surface area contributed by atoms with Gasteiger partial charge in [-0.05, 0) is 30.5 Å². The summed E-state index contributed by atoms with van der Waals surface area (Å²) >= 11 is 0. The van der Waals surface area contributed by atoms with Crippen molar-refractivity contribution in [2.24, 2.45) is 7.05 Å². The first-order valence-corrected chi connectivity index (χ1v) is 8.98. The first-order valence-electron chi connectivity index (χ1n) is 8.98. The Hall–Kier alpha value is -3.40. The standard InChI is InChI=1S/C20H20N6O/c1-25-13-23-24-20(25)14-6-9-26(10-7-14)19-16(12-21)3-2-4-17(19)15-5-8-22-18(27)11-15/h2-5,8,11,13-14H,6-7,9-10H2,1H3,(H,22,27). The third kappa shape index (κ3) is 3.22. The summed E-state index contributed by atoms with van der Waals surface area (Å²) < 4.78 is 1.98. The van der Waals surface area contributed by atoms with E-state index >= 15 is 0 Å². The minimum atomic E-state index is -0.151. The van der Waals surface area contributed by atoms with Gasteiger partial charge < -0.3 is 14.5 Å². The minimum absolute atomic E-state index is 0.151. The summed E-state index contributed by atoms with van der Waals surface area (Å²) in [6.07, 6.45) is 5.26. The molecule has 1 aliphatic rings. The molecule has 3 aromatic rings. The summed E-state index contributed by atoms with van der Waals surface area (Å²) in [5.74, 6) is 1.38. The highest BCUT2D eigenvalue weighted by molar-refractivity contribution is 5.82. The molecule has 4 rings (SSSR count). The third-order valence-corrected chi connectivity index (χ3v) is 5.17. The molecule has 0 amide bonds. The smallest absolute Gasteiger partial charge is 0.248 e. The fourth-order valence-corrected chi connectivity index (χ4v) is 3.84. The van der Waals surface area contributed by atoms with Crippen molar-refractivity contribution in [2.45, 2.75) is 18.8 Å². The molecule has 0 radical (unpaired) electrons. The lowest BCUT2D eigenvalue weighted by Crippen LogP contribution is -2.34. The number of aromatic amines is 1. The average molecular weight is 360 g/mol. The quantitative estimate of drug-likeness (QED) is 0.775. The Morgan fingerprint density at radius 2 is 2.07 bits per heavy atom. The van der Waals surface area contributed by atoms with Crippen LogP contribution in [-0.2, 0) is 7.05 Å². The minimum Gasteiger partial charge on any atom is -0.370 e. The zero-order chi connectivity index (χ0) is 18.8. The lowest BCUT2D eigenvalue weighted by atomic mass is 9.93. The van der Waals surface area contributed by atoms with Gasteiger partial charge in [-0.25, -0.2) is 0 Å². The monoisotopic (exact) mass is 360 g/mol. The number of nitriles is 1. The molecule has 0 unspecified atom stereocenters. The number of para-hydroxylation sites is 1. The zero-order valence-electron chi connectivity index (χ0n) is 15.1. The van der Waals surface area contributed by atoms with E-state index in [9.17, 15) is 10.1 Å². The fraction of sp³-hybridized carbons (Fsp3) is 0.300. The number of anilines is 1. The summed E-state index contributed by atoms with van der Waals surface area (Å²) in [5, 5.41) is 17.9. The molecule has 2 aromatic heterocycles. The SMILES string of the molecule is Cn1cnnc1C1CCN(c2c(C#N)cccc2-c2cc[nH]c(=O)c2)CC1. The maximum absolute atomic E-state index is 11.8. The zero-order valence-corrected chi connectivity index (χ0v) is 15.1. The van der Waals surface area contributed by atoms with Crippen molar-refractivity contribution in [3.05, 3.63) is 64.6 Å². The molecule has 0 spiro atoms. The first-order chi connectivity index (χ1) is 13.2. The molecular formula is C20H20N6O. The number of hydrogen-bond donors (Lipinski definition) is 1. The van der Waals surface area contributed by atoms with Crippen LogP contribution in [0.15, 0.2) is 47.7 Å². The van der Waals surface area contributed by atoms with Crippen LogP contribution in [0.1, 0.15) is 30.1 Å². The van der Waals surface area contributed by atoms with Crippen LogP contribution >= 0.6 is 0 Å². The van der Waals surface area contributed by atoms with Crippen LogP contribution in [0.3, 0.4) is 0 Å². The van der Waals surface area contributed by atoms with Crippen molar-refractivity contribution in [3.8, 4) is 17.2 Å². The highest BCUT2D eigenvalue weighted by Crippen LogP contribution is 2.37. The van der Waals surface area contributed by atoms with Crippen molar-refractivity contribution in [3.63, 3.8) is 0 Å². The van der Waals surface area contributed by atoms with Gasteiger partial charge in [-0.3, -0.25) is 4.79 Å².